The number of carbonyl (C=O) groups excluding carboxylic acids is 1. The second kappa shape index (κ2) is 7.40. The van der Waals surface area contributed by atoms with Crippen molar-refractivity contribution in [3.63, 3.8) is 0 Å². The Kier molecular flexibility index (Phi) is 4.81. The Hall–Kier alpha value is -2.86. The lowest BCUT2D eigenvalue weighted by atomic mass is 10.2. The number of piperazine rings is 1. The maximum absolute atomic E-state index is 12.7. The molecule has 1 saturated heterocycles. The molecule has 138 valence electrons. The van der Waals surface area contributed by atoms with Crippen molar-refractivity contribution in [1.82, 2.24) is 19.4 Å². The second-order valence-electron chi connectivity index (χ2n) is 6.54. The van der Waals surface area contributed by atoms with E-state index in [1.807, 2.05) is 48.3 Å². The van der Waals surface area contributed by atoms with Gasteiger partial charge in [-0.1, -0.05) is 41.9 Å². The first-order valence-corrected chi connectivity index (χ1v) is 9.24. The largest absolute Gasteiger partial charge is 0.353 e. The molecule has 1 amide bonds. The number of halogens is 1. The zero-order valence-electron chi connectivity index (χ0n) is 15.0. The topological polar surface area (TPSA) is 54.3 Å². The molecule has 1 aliphatic rings. The monoisotopic (exact) mass is 381 g/mol. The summed E-state index contributed by atoms with van der Waals surface area (Å²) in [5.74, 6) is 1.61. The molecule has 0 atom stereocenters. The number of hydrogen-bond acceptors (Lipinski definition) is 4. The molecule has 1 fully saturated rings. The van der Waals surface area contributed by atoms with E-state index >= 15 is 0 Å². The van der Waals surface area contributed by atoms with Crippen LogP contribution < -0.4 is 4.90 Å². The van der Waals surface area contributed by atoms with Crippen LogP contribution in [0.3, 0.4) is 0 Å². The van der Waals surface area contributed by atoms with Crippen LogP contribution in [0.5, 0.6) is 0 Å². The van der Waals surface area contributed by atoms with Gasteiger partial charge < -0.3 is 14.4 Å². The first kappa shape index (κ1) is 17.5. The Morgan fingerprint density at radius 1 is 1.07 bits per heavy atom. The lowest BCUT2D eigenvalue weighted by Crippen LogP contribution is -2.49. The van der Waals surface area contributed by atoms with E-state index in [4.69, 9.17) is 16.6 Å². The number of aryl methyl sites for hydroxylation is 1. The van der Waals surface area contributed by atoms with Crippen molar-refractivity contribution >= 4 is 23.3 Å². The van der Waals surface area contributed by atoms with E-state index in [9.17, 15) is 4.79 Å². The summed E-state index contributed by atoms with van der Waals surface area (Å²) in [5.41, 5.74) is 1.61. The molecule has 27 heavy (non-hydrogen) atoms. The Labute approximate surface area is 163 Å². The summed E-state index contributed by atoms with van der Waals surface area (Å²) in [6, 6.07) is 13.6. The second-order valence-corrected chi connectivity index (χ2v) is 6.97. The molecule has 0 bridgehead atoms. The number of hydrogen-bond donors (Lipinski definition) is 0. The highest BCUT2D eigenvalue weighted by molar-refractivity contribution is 6.31. The third-order valence-corrected chi connectivity index (χ3v) is 4.96. The van der Waals surface area contributed by atoms with Crippen molar-refractivity contribution in [3.05, 3.63) is 65.6 Å². The summed E-state index contributed by atoms with van der Waals surface area (Å²) < 4.78 is 1.77. The molecular formula is C20H20ClN5O. The van der Waals surface area contributed by atoms with Crippen LogP contribution in [0.4, 0.5) is 5.82 Å². The Bertz CT molecular complexity index is 948. The van der Waals surface area contributed by atoms with Gasteiger partial charge in [0.15, 0.2) is 5.82 Å². The fraction of sp³-hybridized carbons (Fsp3) is 0.250. The molecule has 3 aromatic rings. The zero-order valence-corrected chi connectivity index (χ0v) is 15.8. The molecule has 0 radical (unpaired) electrons. The average Bonchev–Trinajstić information content (AvgIpc) is 3.06. The van der Waals surface area contributed by atoms with Crippen LogP contribution in [-0.4, -0.2) is 51.5 Å². The van der Waals surface area contributed by atoms with Gasteiger partial charge in [-0.2, -0.15) is 0 Å². The Balaban J connectivity index is 1.45. The normalized spacial score (nSPS) is 14.4. The standard InChI is InChI=1S/C20H20ClN5O/c1-24-14-16(21)13-17(24)20(27)26-11-9-25(10-12-26)18-7-8-22-19(23-18)15-5-3-2-4-6-15/h2-8,13-14H,9-12H2,1H3. The van der Waals surface area contributed by atoms with Gasteiger partial charge in [0.05, 0.1) is 5.02 Å². The van der Waals surface area contributed by atoms with Gasteiger partial charge in [-0.05, 0) is 12.1 Å². The summed E-state index contributed by atoms with van der Waals surface area (Å²) in [4.78, 5) is 25.9. The summed E-state index contributed by atoms with van der Waals surface area (Å²) in [6.45, 7) is 2.75. The molecule has 0 spiro atoms. The molecule has 0 aliphatic carbocycles. The van der Waals surface area contributed by atoms with Crippen LogP contribution in [0.1, 0.15) is 10.5 Å². The minimum Gasteiger partial charge on any atom is -0.353 e. The van der Waals surface area contributed by atoms with E-state index in [1.54, 1.807) is 23.0 Å². The van der Waals surface area contributed by atoms with Crippen LogP contribution in [0.25, 0.3) is 11.4 Å². The first-order valence-electron chi connectivity index (χ1n) is 8.86. The van der Waals surface area contributed by atoms with Gasteiger partial charge >= 0.3 is 0 Å². The van der Waals surface area contributed by atoms with Crippen molar-refractivity contribution in [2.75, 3.05) is 31.1 Å². The van der Waals surface area contributed by atoms with Gasteiger partial charge in [0.2, 0.25) is 0 Å². The van der Waals surface area contributed by atoms with Crippen LogP contribution in [0, 0.1) is 0 Å². The lowest BCUT2D eigenvalue weighted by Gasteiger charge is -2.35. The Morgan fingerprint density at radius 3 is 2.48 bits per heavy atom. The highest BCUT2D eigenvalue weighted by Gasteiger charge is 2.24. The molecule has 1 aromatic carbocycles. The van der Waals surface area contributed by atoms with Gasteiger partial charge in [0, 0.05) is 51.2 Å². The smallest absolute Gasteiger partial charge is 0.270 e. The molecule has 4 rings (SSSR count). The molecule has 0 N–H and O–H groups in total. The van der Waals surface area contributed by atoms with Gasteiger partial charge in [-0.25, -0.2) is 9.97 Å². The highest BCUT2D eigenvalue weighted by Crippen LogP contribution is 2.20. The highest BCUT2D eigenvalue weighted by atomic mass is 35.5. The van der Waals surface area contributed by atoms with E-state index in [2.05, 4.69) is 9.88 Å². The molecule has 1 aliphatic heterocycles. The van der Waals surface area contributed by atoms with Crippen molar-refractivity contribution in [1.29, 1.82) is 0 Å². The van der Waals surface area contributed by atoms with E-state index in [0.717, 1.165) is 24.5 Å². The maximum Gasteiger partial charge on any atom is 0.270 e. The molecule has 7 heteroatoms. The third-order valence-electron chi connectivity index (χ3n) is 4.75. The third kappa shape index (κ3) is 3.66. The summed E-state index contributed by atoms with van der Waals surface area (Å²) in [7, 11) is 1.83. The number of rotatable bonds is 3. The van der Waals surface area contributed by atoms with Crippen molar-refractivity contribution in [2.45, 2.75) is 0 Å². The molecule has 6 nitrogen and oxygen atoms in total. The summed E-state index contributed by atoms with van der Waals surface area (Å²) in [6.07, 6.45) is 3.53. The van der Waals surface area contributed by atoms with Crippen LogP contribution >= 0.6 is 11.6 Å². The molecule has 0 saturated carbocycles. The van der Waals surface area contributed by atoms with Gasteiger partial charge in [-0.15, -0.1) is 0 Å². The molecule has 2 aromatic heterocycles. The average molecular weight is 382 g/mol. The number of amides is 1. The zero-order chi connectivity index (χ0) is 18.8. The maximum atomic E-state index is 12.7. The van der Waals surface area contributed by atoms with Crippen LogP contribution in [0.2, 0.25) is 5.02 Å². The number of benzene rings is 1. The molecule has 3 heterocycles. The van der Waals surface area contributed by atoms with Crippen molar-refractivity contribution in [2.24, 2.45) is 7.05 Å². The van der Waals surface area contributed by atoms with Gasteiger partial charge in [0.25, 0.3) is 5.91 Å². The van der Waals surface area contributed by atoms with E-state index in [1.165, 1.54) is 0 Å². The number of nitrogens with zero attached hydrogens (tertiary/aromatic N) is 5. The molecule has 0 unspecified atom stereocenters. The van der Waals surface area contributed by atoms with E-state index < -0.39 is 0 Å². The molecular weight excluding hydrogens is 362 g/mol. The van der Waals surface area contributed by atoms with Crippen molar-refractivity contribution in [3.8, 4) is 11.4 Å². The number of aromatic nitrogens is 3. The minimum absolute atomic E-state index is 0.0108. The van der Waals surface area contributed by atoms with E-state index in [0.29, 0.717) is 29.6 Å². The minimum atomic E-state index is 0.0108. The number of anilines is 1. The predicted molar refractivity (Wildman–Crippen MR) is 106 cm³/mol. The number of carbonyl (C=O) groups is 1. The summed E-state index contributed by atoms with van der Waals surface area (Å²) in [5, 5.41) is 0.578. The fourth-order valence-electron chi connectivity index (χ4n) is 3.29. The summed E-state index contributed by atoms with van der Waals surface area (Å²) >= 11 is 6.00. The fourth-order valence-corrected chi connectivity index (χ4v) is 3.54. The van der Waals surface area contributed by atoms with Crippen molar-refractivity contribution < 1.29 is 4.79 Å². The Morgan fingerprint density at radius 2 is 1.81 bits per heavy atom. The van der Waals surface area contributed by atoms with Crippen LogP contribution in [0.15, 0.2) is 54.9 Å². The van der Waals surface area contributed by atoms with Gasteiger partial charge in [-0.3, -0.25) is 4.79 Å². The quantitative estimate of drug-likeness (QED) is 0.699. The van der Waals surface area contributed by atoms with Gasteiger partial charge in [0.1, 0.15) is 11.5 Å². The predicted octanol–water partition coefficient (Wildman–Crippen LogP) is 3.10. The SMILES string of the molecule is Cn1cc(Cl)cc1C(=O)N1CCN(c2ccnc(-c3ccccc3)n2)CC1. The first-order chi connectivity index (χ1) is 13.1. The van der Waals surface area contributed by atoms with Crippen LogP contribution in [-0.2, 0) is 7.05 Å². The lowest BCUT2D eigenvalue weighted by molar-refractivity contribution is 0.0737. The van der Waals surface area contributed by atoms with E-state index in [-0.39, 0.29) is 5.91 Å².